The highest BCUT2D eigenvalue weighted by Gasteiger charge is 2.35. The topological polar surface area (TPSA) is 88.4 Å². The Labute approximate surface area is 272 Å². The number of thiazole rings is 1. The Kier molecular flexibility index (Phi) is 9.89. The summed E-state index contributed by atoms with van der Waals surface area (Å²) in [6, 6.07) is 16.2. The second-order valence-electron chi connectivity index (χ2n) is 10.4. The summed E-state index contributed by atoms with van der Waals surface area (Å²) < 4.78 is 39.0. The molecule has 234 valence electrons. The first-order valence-electron chi connectivity index (χ1n) is 14.3. The first-order chi connectivity index (χ1) is 21.6. The molecule has 0 spiro atoms. The summed E-state index contributed by atoms with van der Waals surface area (Å²) in [6.07, 6.45) is 1.62. The summed E-state index contributed by atoms with van der Waals surface area (Å²) in [7, 11) is 1.53. The van der Waals surface area contributed by atoms with Crippen LogP contribution in [-0.4, -0.2) is 30.4 Å². The van der Waals surface area contributed by atoms with Gasteiger partial charge in [-0.25, -0.2) is 14.2 Å². The van der Waals surface area contributed by atoms with Gasteiger partial charge < -0.3 is 18.9 Å². The van der Waals surface area contributed by atoms with Gasteiger partial charge in [-0.2, -0.15) is 0 Å². The number of hydrogen-bond donors (Lipinski definition) is 0. The highest BCUT2D eigenvalue weighted by molar-refractivity contribution is 9.10. The van der Waals surface area contributed by atoms with E-state index in [2.05, 4.69) is 20.9 Å². The van der Waals surface area contributed by atoms with Crippen molar-refractivity contribution in [2.45, 2.75) is 46.4 Å². The molecule has 0 N–H and O–H groups in total. The molecule has 1 aliphatic rings. The number of carbonyl (C=O) groups is 1. The lowest BCUT2D eigenvalue weighted by Crippen LogP contribution is -2.40. The number of allylic oxidation sites excluding steroid dienone is 1. The monoisotopic (exact) mass is 694 g/mol. The number of rotatable bonds is 10. The van der Waals surface area contributed by atoms with E-state index in [0.29, 0.717) is 47.9 Å². The van der Waals surface area contributed by atoms with Crippen LogP contribution >= 0.6 is 27.3 Å². The van der Waals surface area contributed by atoms with Crippen LogP contribution in [0.25, 0.3) is 6.08 Å². The van der Waals surface area contributed by atoms with Gasteiger partial charge >= 0.3 is 5.97 Å². The van der Waals surface area contributed by atoms with Crippen molar-refractivity contribution in [1.29, 1.82) is 0 Å². The molecule has 0 bridgehead atoms. The molecule has 0 radical (unpaired) electrons. The Morgan fingerprint density at radius 2 is 1.84 bits per heavy atom. The molecule has 3 aromatic carbocycles. The maximum atomic E-state index is 14.2. The first-order valence-corrected chi connectivity index (χ1v) is 15.9. The summed E-state index contributed by atoms with van der Waals surface area (Å²) in [5.74, 6) is 0.634. The average molecular weight is 696 g/mol. The number of fused-ring (bicyclic) bond motifs is 1. The third kappa shape index (κ3) is 6.89. The van der Waals surface area contributed by atoms with Crippen LogP contribution in [0.3, 0.4) is 0 Å². The molecule has 2 heterocycles. The van der Waals surface area contributed by atoms with E-state index >= 15 is 0 Å². The molecule has 1 aliphatic heterocycles. The fourth-order valence-electron chi connectivity index (χ4n) is 4.97. The number of halogens is 2. The smallest absolute Gasteiger partial charge is 0.338 e. The van der Waals surface area contributed by atoms with Crippen molar-refractivity contribution in [1.82, 2.24) is 4.57 Å². The average Bonchev–Trinajstić information content (AvgIpc) is 3.31. The van der Waals surface area contributed by atoms with E-state index in [1.165, 1.54) is 35.1 Å². The number of methoxy groups -OCH3 is 1. The second kappa shape index (κ2) is 13.8. The van der Waals surface area contributed by atoms with Gasteiger partial charge in [0.15, 0.2) is 16.3 Å². The highest BCUT2D eigenvalue weighted by atomic mass is 79.9. The number of para-hydroxylation sites is 1. The normalized spacial score (nSPS) is 14.7. The molecular formula is C34H32BrFN2O6S. The van der Waals surface area contributed by atoms with Crippen molar-refractivity contribution in [3.05, 3.63) is 119 Å². The zero-order valence-corrected chi connectivity index (χ0v) is 27.8. The largest absolute Gasteiger partial charge is 0.493 e. The first kappa shape index (κ1) is 32.2. The van der Waals surface area contributed by atoms with E-state index in [9.17, 15) is 14.0 Å². The quantitative estimate of drug-likeness (QED) is 0.187. The van der Waals surface area contributed by atoms with E-state index in [-0.39, 0.29) is 36.3 Å². The van der Waals surface area contributed by atoms with Gasteiger partial charge in [-0.05, 0) is 75.2 Å². The minimum atomic E-state index is -0.808. The van der Waals surface area contributed by atoms with Gasteiger partial charge in [0.1, 0.15) is 24.2 Å². The molecule has 45 heavy (non-hydrogen) atoms. The third-order valence-corrected chi connectivity index (χ3v) is 8.64. The Morgan fingerprint density at radius 3 is 2.53 bits per heavy atom. The molecule has 11 heteroatoms. The predicted octanol–water partition coefficient (Wildman–Crippen LogP) is 6.07. The minimum Gasteiger partial charge on any atom is -0.493 e. The van der Waals surface area contributed by atoms with Crippen LogP contribution in [0, 0.1) is 5.82 Å². The van der Waals surface area contributed by atoms with Crippen LogP contribution in [0.15, 0.2) is 86.2 Å². The summed E-state index contributed by atoms with van der Waals surface area (Å²) in [6.45, 7) is 7.71. The predicted molar refractivity (Wildman–Crippen MR) is 174 cm³/mol. The minimum absolute atomic E-state index is 0.131. The van der Waals surface area contributed by atoms with Gasteiger partial charge in [-0.3, -0.25) is 9.36 Å². The maximum Gasteiger partial charge on any atom is 0.338 e. The van der Waals surface area contributed by atoms with Gasteiger partial charge in [0, 0.05) is 10.0 Å². The summed E-state index contributed by atoms with van der Waals surface area (Å²) in [5, 5.41) is 0. The number of aromatic nitrogens is 1. The van der Waals surface area contributed by atoms with Crippen molar-refractivity contribution in [2.24, 2.45) is 4.99 Å². The van der Waals surface area contributed by atoms with E-state index in [1.807, 2.05) is 38.1 Å². The third-order valence-electron chi connectivity index (χ3n) is 6.97. The lowest BCUT2D eigenvalue weighted by molar-refractivity contribution is -0.139. The van der Waals surface area contributed by atoms with Crippen LogP contribution in [0.5, 0.6) is 17.2 Å². The molecule has 0 unspecified atom stereocenters. The van der Waals surface area contributed by atoms with Crippen molar-refractivity contribution in [3.63, 3.8) is 0 Å². The molecule has 8 nitrogen and oxygen atoms in total. The van der Waals surface area contributed by atoms with Crippen molar-refractivity contribution >= 4 is 39.3 Å². The Bertz CT molecular complexity index is 1950. The molecule has 1 atom stereocenters. The molecule has 0 amide bonds. The van der Waals surface area contributed by atoms with Gasteiger partial charge in [0.25, 0.3) is 5.56 Å². The van der Waals surface area contributed by atoms with E-state index in [4.69, 9.17) is 18.9 Å². The summed E-state index contributed by atoms with van der Waals surface area (Å²) in [5.41, 5.74) is 2.55. The van der Waals surface area contributed by atoms with Crippen LogP contribution < -0.4 is 29.1 Å². The number of hydrogen-bond acceptors (Lipinski definition) is 8. The molecule has 5 rings (SSSR count). The van der Waals surface area contributed by atoms with Crippen LogP contribution in [0.2, 0.25) is 0 Å². The number of carbonyl (C=O) groups excluding carboxylic acids is 1. The standard InChI is InChI=1S/C34H32BrFN2O6S/c1-6-42-33(40)30-20(4)37-34-38(31(30)24-9-7-8-10-26(24)44-19(2)3)32(39)29(45-34)16-22-15-27(41-5)28(17-25(22)35)43-18-21-11-13-23(36)14-12-21/h7-17,19,31H,6,18H2,1-5H3/b29-16+/t31-/m0/s1. The lowest BCUT2D eigenvalue weighted by Gasteiger charge is -2.26. The zero-order valence-electron chi connectivity index (χ0n) is 25.4. The molecule has 4 aromatic rings. The second-order valence-corrected chi connectivity index (χ2v) is 12.3. The lowest BCUT2D eigenvalue weighted by atomic mass is 9.95. The van der Waals surface area contributed by atoms with Crippen molar-refractivity contribution < 1.29 is 28.1 Å². The van der Waals surface area contributed by atoms with E-state index < -0.39 is 12.0 Å². The van der Waals surface area contributed by atoms with Gasteiger partial charge in [-0.15, -0.1) is 0 Å². The van der Waals surface area contributed by atoms with Gasteiger partial charge in [-0.1, -0.05) is 57.6 Å². The maximum absolute atomic E-state index is 14.2. The number of ether oxygens (including phenoxy) is 4. The van der Waals surface area contributed by atoms with E-state index in [1.54, 1.807) is 44.2 Å². The molecule has 1 aromatic heterocycles. The molecule has 0 saturated heterocycles. The SMILES string of the molecule is CCOC(=O)C1=C(C)N=c2s/c(=C/c3cc(OC)c(OCc4ccc(F)cc4)cc3Br)c(=O)n2[C@H]1c1ccccc1OC(C)C. The Hall–Kier alpha value is -4.22. The van der Waals surface area contributed by atoms with Crippen molar-refractivity contribution in [2.75, 3.05) is 13.7 Å². The van der Waals surface area contributed by atoms with E-state index in [0.717, 1.165) is 5.56 Å². The Morgan fingerprint density at radius 1 is 1.11 bits per heavy atom. The van der Waals surface area contributed by atoms with Gasteiger partial charge in [0.05, 0.1) is 35.6 Å². The Balaban J connectivity index is 1.60. The zero-order chi connectivity index (χ0) is 32.2. The summed E-state index contributed by atoms with van der Waals surface area (Å²) in [4.78, 5) is 32.6. The number of benzene rings is 3. The summed E-state index contributed by atoms with van der Waals surface area (Å²) >= 11 is 4.83. The molecule has 0 aliphatic carbocycles. The van der Waals surface area contributed by atoms with Crippen LogP contribution in [-0.2, 0) is 16.1 Å². The van der Waals surface area contributed by atoms with Crippen LogP contribution in [0.4, 0.5) is 4.39 Å². The molecular weight excluding hydrogens is 663 g/mol. The fourth-order valence-corrected chi connectivity index (χ4v) is 6.44. The number of nitrogens with zero attached hydrogens (tertiary/aromatic N) is 2. The molecule has 0 fully saturated rings. The highest BCUT2D eigenvalue weighted by Crippen LogP contribution is 2.37. The fraction of sp³-hybridized carbons (Fsp3) is 0.265. The molecule has 0 saturated carbocycles. The number of esters is 1. The van der Waals surface area contributed by atoms with Crippen molar-refractivity contribution in [3.8, 4) is 17.2 Å². The van der Waals surface area contributed by atoms with Crippen LogP contribution in [0.1, 0.15) is 50.4 Å². The van der Waals surface area contributed by atoms with Gasteiger partial charge in [0.2, 0.25) is 0 Å².